The van der Waals surface area contributed by atoms with E-state index in [2.05, 4.69) is 17.7 Å². The quantitative estimate of drug-likeness (QED) is 0.544. The molecule has 3 rings (SSSR count). The van der Waals surface area contributed by atoms with Gasteiger partial charge in [0.25, 0.3) is 0 Å². The lowest BCUT2D eigenvalue weighted by molar-refractivity contribution is 0.328. The van der Waals surface area contributed by atoms with E-state index >= 15 is 0 Å². The van der Waals surface area contributed by atoms with Crippen LogP contribution in [-0.2, 0) is 16.5 Å². The van der Waals surface area contributed by atoms with Crippen molar-refractivity contribution in [3.05, 3.63) is 65.1 Å². The minimum atomic E-state index is -1.32. The highest BCUT2D eigenvalue weighted by molar-refractivity contribution is 7.85. The first kappa shape index (κ1) is 20.4. The van der Waals surface area contributed by atoms with Gasteiger partial charge in [-0.05, 0) is 48.7 Å². The highest BCUT2D eigenvalue weighted by Gasteiger charge is 2.33. The molecule has 0 saturated carbocycles. The molecule has 4 nitrogen and oxygen atoms in total. The van der Waals surface area contributed by atoms with Gasteiger partial charge in [0.2, 0.25) is 0 Å². The van der Waals surface area contributed by atoms with E-state index in [1.807, 2.05) is 41.1 Å². The molecule has 0 bridgehead atoms. The van der Waals surface area contributed by atoms with E-state index in [-0.39, 0.29) is 0 Å². The zero-order valence-corrected chi connectivity index (χ0v) is 17.3. The minimum Gasteiger partial charge on any atom is -0.337 e. The summed E-state index contributed by atoms with van der Waals surface area (Å²) in [6, 6.07) is 14.5. The van der Waals surface area contributed by atoms with Gasteiger partial charge in [0.05, 0.1) is 22.8 Å². The van der Waals surface area contributed by atoms with Gasteiger partial charge in [-0.15, -0.1) is 0 Å². The second kappa shape index (κ2) is 8.34. The van der Waals surface area contributed by atoms with Crippen molar-refractivity contribution in [1.82, 2.24) is 4.57 Å². The second-order valence-corrected chi connectivity index (χ2v) is 8.23. The van der Waals surface area contributed by atoms with Gasteiger partial charge in [-0.2, -0.15) is 5.26 Å². The number of rotatable bonds is 7. The van der Waals surface area contributed by atoms with Crippen LogP contribution in [0.15, 0.2) is 48.7 Å². The standard InChI is InChI=1S/C21H21ClFN3OS/c1-3-21(10-4-11-24,15-5-7-16(22)8-6-15)26-12-9-18-19(25-28(2)27)13-17(23)14-20(18)26/h5-9,12-14,25H,3-4,10H2,1-2H3. The molecule has 0 spiro atoms. The molecule has 0 aliphatic carbocycles. The van der Waals surface area contributed by atoms with E-state index in [9.17, 15) is 13.9 Å². The molecule has 0 radical (unpaired) electrons. The van der Waals surface area contributed by atoms with Crippen molar-refractivity contribution in [2.45, 2.75) is 31.7 Å². The van der Waals surface area contributed by atoms with Gasteiger partial charge < -0.3 is 9.29 Å². The minimum absolute atomic E-state index is 0.357. The van der Waals surface area contributed by atoms with Crippen LogP contribution in [0.4, 0.5) is 10.1 Å². The van der Waals surface area contributed by atoms with Crippen molar-refractivity contribution in [2.24, 2.45) is 0 Å². The summed E-state index contributed by atoms with van der Waals surface area (Å²) in [7, 11) is -1.32. The topological polar surface area (TPSA) is 57.8 Å². The predicted molar refractivity (Wildman–Crippen MR) is 113 cm³/mol. The second-order valence-electron chi connectivity index (χ2n) is 6.68. The predicted octanol–water partition coefficient (Wildman–Crippen LogP) is 5.60. The Labute approximate surface area is 171 Å². The molecule has 146 valence electrons. The normalized spacial score (nSPS) is 14.4. The van der Waals surface area contributed by atoms with Crippen molar-refractivity contribution in [1.29, 1.82) is 5.26 Å². The first-order chi connectivity index (χ1) is 13.4. The highest BCUT2D eigenvalue weighted by atomic mass is 35.5. The number of hydrogen-bond donors (Lipinski definition) is 1. The fourth-order valence-corrected chi connectivity index (χ4v) is 4.40. The molecule has 1 aromatic heterocycles. The Kier molecular flexibility index (Phi) is 6.07. The fraction of sp³-hybridized carbons (Fsp3) is 0.286. The molecule has 2 unspecified atom stereocenters. The maximum Gasteiger partial charge on any atom is 0.127 e. The summed E-state index contributed by atoms with van der Waals surface area (Å²) in [5.41, 5.74) is 1.64. The Morgan fingerprint density at radius 3 is 2.61 bits per heavy atom. The molecule has 7 heteroatoms. The van der Waals surface area contributed by atoms with E-state index in [1.165, 1.54) is 18.4 Å². The molecule has 3 aromatic rings. The van der Waals surface area contributed by atoms with Gasteiger partial charge in [0.15, 0.2) is 0 Å². The van der Waals surface area contributed by atoms with Gasteiger partial charge in [0.1, 0.15) is 16.8 Å². The first-order valence-corrected chi connectivity index (χ1v) is 10.9. The number of aromatic nitrogens is 1. The third-order valence-electron chi connectivity index (χ3n) is 5.10. The van der Waals surface area contributed by atoms with E-state index in [1.54, 1.807) is 0 Å². The summed E-state index contributed by atoms with van der Waals surface area (Å²) < 4.78 is 30.9. The molecular formula is C21H21ClFN3OS. The lowest BCUT2D eigenvalue weighted by Crippen LogP contribution is -2.33. The number of nitriles is 1. The number of nitrogens with zero attached hydrogens (tertiary/aromatic N) is 2. The molecule has 0 amide bonds. The van der Waals surface area contributed by atoms with E-state index in [0.29, 0.717) is 35.5 Å². The van der Waals surface area contributed by atoms with Crippen LogP contribution in [0.5, 0.6) is 0 Å². The Bertz CT molecular complexity index is 1060. The molecule has 0 aliphatic rings. The number of halogens is 2. The molecule has 0 fully saturated rings. The van der Waals surface area contributed by atoms with Crippen molar-refractivity contribution in [2.75, 3.05) is 11.0 Å². The van der Waals surface area contributed by atoms with Crippen LogP contribution in [0.1, 0.15) is 31.7 Å². The Balaban J connectivity index is 2.27. The van der Waals surface area contributed by atoms with Crippen molar-refractivity contribution in [3.63, 3.8) is 0 Å². The maximum atomic E-state index is 14.4. The van der Waals surface area contributed by atoms with Crippen LogP contribution in [0, 0.1) is 17.1 Å². The third kappa shape index (κ3) is 3.78. The van der Waals surface area contributed by atoms with Crippen LogP contribution in [0.2, 0.25) is 5.02 Å². The largest absolute Gasteiger partial charge is 0.337 e. The Morgan fingerprint density at radius 1 is 1.29 bits per heavy atom. The lowest BCUT2D eigenvalue weighted by atomic mass is 9.82. The average Bonchev–Trinajstić information content (AvgIpc) is 3.08. The number of benzene rings is 2. The molecule has 0 saturated heterocycles. The maximum absolute atomic E-state index is 14.4. The molecule has 0 aliphatic heterocycles. The molecule has 1 heterocycles. The van der Waals surface area contributed by atoms with Gasteiger partial charge in [-0.1, -0.05) is 30.7 Å². The summed E-state index contributed by atoms with van der Waals surface area (Å²) in [5.74, 6) is -0.415. The number of anilines is 1. The summed E-state index contributed by atoms with van der Waals surface area (Å²) in [4.78, 5) is 0. The van der Waals surface area contributed by atoms with E-state index in [4.69, 9.17) is 11.6 Å². The summed E-state index contributed by atoms with van der Waals surface area (Å²) in [6.45, 7) is 2.05. The van der Waals surface area contributed by atoms with Gasteiger partial charge in [-0.3, -0.25) is 0 Å². The zero-order valence-electron chi connectivity index (χ0n) is 15.7. The monoisotopic (exact) mass is 417 g/mol. The van der Waals surface area contributed by atoms with Crippen LogP contribution >= 0.6 is 11.6 Å². The molecular weight excluding hydrogens is 397 g/mol. The summed E-state index contributed by atoms with van der Waals surface area (Å²) in [5, 5.41) is 10.6. The lowest BCUT2D eigenvalue weighted by Gasteiger charge is -2.36. The van der Waals surface area contributed by atoms with Crippen LogP contribution in [0.25, 0.3) is 10.9 Å². The average molecular weight is 418 g/mol. The highest BCUT2D eigenvalue weighted by Crippen LogP contribution is 2.40. The van der Waals surface area contributed by atoms with E-state index in [0.717, 1.165) is 10.9 Å². The van der Waals surface area contributed by atoms with Gasteiger partial charge in [-0.25, -0.2) is 8.60 Å². The summed E-state index contributed by atoms with van der Waals surface area (Å²) in [6.07, 6.45) is 5.05. The number of fused-ring (bicyclic) bond motifs is 1. The SMILES string of the molecule is CCC(CCC#N)(c1ccc(Cl)cc1)n1ccc2c(NS(C)=O)cc(F)cc21. The molecule has 28 heavy (non-hydrogen) atoms. The Hall–Kier alpha value is -2.36. The first-order valence-electron chi connectivity index (χ1n) is 8.95. The molecule has 2 aromatic carbocycles. The van der Waals surface area contributed by atoms with E-state index < -0.39 is 22.3 Å². The van der Waals surface area contributed by atoms with Gasteiger partial charge in [0, 0.05) is 29.3 Å². The van der Waals surface area contributed by atoms with Crippen molar-refractivity contribution < 1.29 is 8.60 Å². The third-order valence-corrected chi connectivity index (χ3v) is 5.86. The summed E-state index contributed by atoms with van der Waals surface area (Å²) >= 11 is 6.07. The van der Waals surface area contributed by atoms with Crippen molar-refractivity contribution >= 4 is 39.2 Å². The molecule has 1 N–H and O–H groups in total. The number of hydrogen-bond acceptors (Lipinski definition) is 2. The number of nitrogens with one attached hydrogen (secondary N) is 1. The fourth-order valence-electron chi connectivity index (χ4n) is 3.80. The zero-order chi connectivity index (χ0) is 20.3. The van der Waals surface area contributed by atoms with Crippen molar-refractivity contribution in [3.8, 4) is 6.07 Å². The smallest absolute Gasteiger partial charge is 0.127 e. The van der Waals surface area contributed by atoms with Crippen LogP contribution in [0.3, 0.4) is 0 Å². The van der Waals surface area contributed by atoms with Crippen LogP contribution < -0.4 is 4.72 Å². The Morgan fingerprint density at radius 2 is 2.00 bits per heavy atom. The molecule has 2 atom stereocenters. The van der Waals surface area contributed by atoms with Gasteiger partial charge >= 0.3 is 0 Å². The van der Waals surface area contributed by atoms with Crippen LogP contribution in [-0.4, -0.2) is 15.0 Å².